The van der Waals surface area contributed by atoms with Crippen molar-refractivity contribution in [1.82, 2.24) is 0 Å². The highest BCUT2D eigenvalue weighted by Crippen LogP contribution is 2.37. The highest BCUT2D eigenvalue weighted by molar-refractivity contribution is 8.00. The minimum Gasteiger partial charge on any atom is -0.455 e. The molecule has 1 heterocycles. The molecule has 4 rings (SSSR count). The molecule has 0 unspecified atom stereocenters. The van der Waals surface area contributed by atoms with Crippen LogP contribution in [0.2, 0.25) is 5.02 Å². The molecule has 31 heavy (non-hydrogen) atoms. The largest absolute Gasteiger partial charge is 0.455 e. The van der Waals surface area contributed by atoms with Crippen molar-refractivity contribution in [2.24, 2.45) is 0 Å². The van der Waals surface area contributed by atoms with Crippen LogP contribution in [0.5, 0.6) is 0 Å². The van der Waals surface area contributed by atoms with Gasteiger partial charge < -0.3 is 10.1 Å². The maximum atomic E-state index is 12.3. The van der Waals surface area contributed by atoms with E-state index >= 15 is 0 Å². The third-order valence-corrected chi connectivity index (χ3v) is 7.61. The second-order valence-electron chi connectivity index (χ2n) is 7.12. The number of hydrogen-bond donors (Lipinski definition) is 1. The summed E-state index contributed by atoms with van der Waals surface area (Å²) < 4.78 is 5.13. The van der Waals surface area contributed by atoms with Crippen LogP contribution in [0.25, 0.3) is 10.8 Å². The van der Waals surface area contributed by atoms with Gasteiger partial charge in [-0.2, -0.15) is 5.26 Å². The molecule has 1 aromatic heterocycles. The van der Waals surface area contributed by atoms with Gasteiger partial charge in [0.15, 0.2) is 6.61 Å². The lowest BCUT2D eigenvalue weighted by Crippen LogP contribution is -2.21. The number of thiophene rings is 1. The van der Waals surface area contributed by atoms with Crippen LogP contribution in [0.1, 0.15) is 28.8 Å². The Morgan fingerprint density at radius 1 is 1.19 bits per heavy atom. The Kier molecular flexibility index (Phi) is 6.81. The van der Waals surface area contributed by atoms with Crippen LogP contribution in [0, 0.1) is 11.3 Å². The third kappa shape index (κ3) is 4.87. The molecular weight excluding hydrogens is 452 g/mol. The summed E-state index contributed by atoms with van der Waals surface area (Å²) in [4.78, 5) is 26.5. The number of nitriles is 1. The topological polar surface area (TPSA) is 79.2 Å². The van der Waals surface area contributed by atoms with E-state index in [4.69, 9.17) is 16.3 Å². The van der Waals surface area contributed by atoms with Gasteiger partial charge in [-0.1, -0.05) is 35.9 Å². The molecule has 158 valence electrons. The zero-order valence-electron chi connectivity index (χ0n) is 16.6. The van der Waals surface area contributed by atoms with Gasteiger partial charge in [0.25, 0.3) is 5.91 Å². The number of aryl methyl sites for hydroxylation is 1. The summed E-state index contributed by atoms with van der Waals surface area (Å²) in [5.74, 6) is -0.870. The summed E-state index contributed by atoms with van der Waals surface area (Å²) in [6.45, 7) is -0.386. The Labute approximate surface area is 193 Å². The van der Waals surface area contributed by atoms with Gasteiger partial charge in [0, 0.05) is 20.2 Å². The van der Waals surface area contributed by atoms with Gasteiger partial charge in [0.05, 0.1) is 11.3 Å². The maximum Gasteiger partial charge on any atom is 0.316 e. The molecule has 0 atom stereocenters. The van der Waals surface area contributed by atoms with Gasteiger partial charge in [-0.05, 0) is 48.8 Å². The molecule has 5 nitrogen and oxygen atoms in total. The minimum atomic E-state index is -0.491. The fourth-order valence-electron chi connectivity index (χ4n) is 3.64. The van der Waals surface area contributed by atoms with Crippen LogP contribution in [0.4, 0.5) is 5.00 Å². The predicted molar refractivity (Wildman–Crippen MR) is 125 cm³/mol. The summed E-state index contributed by atoms with van der Waals surface area (Å²) in [7, 11) is 0. The number of ether oxygens (including phenoxy) is 1. The lowest BCUT2D eigenvalue weighted by molar-refractivity contribution is -0.144. The molecule has 1 N–H and O–H groups in total. The van der Waals surface area contributed by atoms with Crippen LogP contribution in [-0.4, -0.2) is 24.2 Å². The average Bonchev–Trinajstić information content (AvgIpc) is 3.13. The zero-order chi connectivity index (χ0) is 21.8. The van der Waals surface area contributed by atoms with Crippen molar-refractivity contribution >= 4 is 62.3 Å². The summed E-state index contributed by atoms with van der Waals surface area (Å²) in [6.07, 6.45) is 3.97. The number of nitrogens with one attached hydrogen (secondary N) is 1. The van der Waals surface area contributed by atoms with E-state index < -0.39 is 11.9 Å². The van der Waals surface area contributed by atoms with E-state index in [0.29, 0.717) is 15.6 Å². The first-order chi connectivity index (χ1) is 15.1. The Balaban J connectivity index is 1.32. The molecule has 0 aliphatic heterocycles. The Hall–Kier alpha value is -2.53. The number of hydrogen-bond acceptors (Lipinski definition) is 6. The minimum absolute atomic E-state index is 0.0638. The van der Waals surface area contributed by atoms with E-state index in [-0.39, 0.29) is 12.4 Å². The number of thioether (sulfide) groups is 1. The molecule has 0 saturated carbocycles. The second kappa shape index (κ2) is 9.73. The summed E-state index contributed by atoms with van der Waals surface area (Å²) >= 11 is 9.08. The molecule has 2 aromatic carbocycles. The first-order valence-electron chi connectivity index (χ1n) is 9.87. The number of carbonyl (C=O) groups is 2. The number of rotatable bonds is 6. The highest BCUT2D eigenvalue weighted by atomic mass is 35.5. The van der Waals surface area contributed by atoms with E-state index in [9.17, 15) is 14.9 Å². The first kappa shape index (κ1) is 21.7. The number of anilines is 1. The van der Waals surface area contributed by atoms with Gasteiger partial charge in [0.2, 0.25) is 0 Å². The Morgan fingerprint density at radius 3 is 2.77 bits per heavy atom. The first-order valence-corrected chi connectivity index (χ1v) is 12.0. The molecule has 0 spiro atoms. The summed E-state index contributed by atoms with van der Waals surface area (Å²) in [5.41, 5.74) is 1.60. The van der Waals surface area contributed by atoms with Gasteiger partial charge in [-0.15, -0.1) is 23.1 Å². The number of nitrogens with zero attached hydrogens (tertiary/aromatic N) is 1. The van der Waals surface area contributed by atoms with Crippen molar-refractivity contribution in [1.29, 1.82) is 5.26 Å². The highest BCUT2D eigenvalue weighted by Gasteiger charge is 2.22. The molecular formula is C23H19ClN2O3S2. The van der Waals surface area contributed by atoms with Gasteiger partial charge >= 0.3 is 5.97 Å². The van der Waals surface area contributed by atoms with Crippen molar-refractivity contribution in [2.75, 3.05) is 17.7 Å². The lowest BCUT2D eigenvalue weighted by Gasteiger charge is -2.09. The monoisotopic (exact) mass is 470 g/mol. The fraction of sp³-hybridized carbons (Fsp3) is 0.261. The van der Waals surface area contributed by atoms with E-state index in [2.05, 4.69) is 11.4 Å². The Bertz CT molecular complexity index is 1190. The van der Waals surface area contributed by atoms with E-state index in [1.807, 2.05) is 36.4 Å². The van der Waals surface area contributed by atoms with Gasteiger partial charge in [-0.25, -0.2) is 0 Å². The van der Waals surface area contributed by atoms with Crippen LogP contribution >= 0.6 is 34.7 Å². The molecule has 0 saturated heterocycles. The Morgan fingerprint density at radius 2 is 1.97 bits per heavy atom. The molecule has 0 fully saturated rings. The molecule has 0 radical (unpaired) electrons. The molecule has 1 amide bonds. The van der Waals surface area contributed by atoms with Gasteiger partial charge in [-0.3, -0.25) is 9.59 Å². The molecule has 1 aliphatic rings. The van der Waals surface area contributed by atoms with E-state index in [0.717, 1.165) is 46.9 Å². The number of amides is 1. The maximum absolute atomic E-state index is 12.3. The van der Waals surface area contributed by atoms with Crippen LogP contribution in [0.3, 0.4) is 0 Å². The third-order valence-electron chi connectivity index (χ3n) is 5.06. The van der Waals surface area contributed by atoms with Crippen molar-refractivity contribution in [3.05, 3.63) is 57.4 Å². The fourth-order valence-corrected chi connectivity index (χ4v) is 6.14. The quantitative estimate of drug-likeness (QED) is 0.376. The lowest BCUT2D eigenvalue weighted by atomic mass is 9.96. The van der Waals surface area contributed by atoms with Crippen LogP contribution < -0.4 is 5.32 Å². The number of fused-ring (bicyclic) bond motifs is 2. The summed E-state index contributed by atoms with van der Waals surface area (Å²) in [5, 5.41) is 15.3. The van der Waals surface area contributed by atoms with Crippen molar-refractivity contribution in [3.8, 4) is 6.07 Å². The van der Waals surface area contributed by atoms with E-state index in [1.165, 1.54) is 28.0 Å². The number of carbonyl (C=O) groups excluding carboxylic acids is 2. The van der Waals surface area contributed by atoms with Crippen LogP contribution in [0.15, 0.2) is 41.3 Å². The van der Waals surface area contributed by atoms with Gasteiger partial charge in [0.1, 0.15) is 11.1 Å². The summed E-state index contributed by atoms with van der Waals surface area (Å²) in [6, 6.07) is 13.6. The average molecular weight is 471 g/mol. The van der Waals surface area contributed by atoms with Crippen LogP contribution in [-0.2, 0) is 27.2 Å². The van der Waals surface area contributed by atoms with Crippen molar-refractivity contribution in [2.45, 2.75) is 30.6 Å². The second-order valence-corrected chi connectivity index (χ2v) is 9.65. The SMILES string of the molecule is N#Cc1c(NC(=O)COC(=O)CSc2cccc3cccc(Cl)c23)sc2c1CCCC2. The molecule has 1 aliphatic carbocycles. The standard InChI is InChI=1S/C23H19ClN2O3S2/c24-17-8-3-5-14-6-4-10-19(22(14)17)30-13-21(28)29-12-20(27)26-23-16(11-25)15-7-1-2-9-18(15)31-23/h3-6,8,10H,1-2,7,9,12-13H2,(H,26,27). The number of halogens is 1. The van der Waals surface area contributed by atoms with E-state index in [1.54, 1.807) is 0 Å². The predicted octanol–water partition coefficient (Wildman–Crippen LogP) is 5.58. The normalized spacial score (nSPS) is 12.8. The molecule has 3 aromatic rings. The number of esters is 1. The molecule has 8 heteroatoms. The van der Waals surface area contributed by atoms with Crippen molar-refractivity contribution < 1.29 is 14.3 Å². The molecule has 0 bridgehead atoms. The smallest absolute Gasteiger partial charge is 0.316 e. The number of benzene rings is 2. The van der Waals surface area contributed by atoms with Crippen molar-refractivity contribution in [3.63, 3.8) is 0 Å². The zero-order valence-corrected chi connectivity index (χ0v) is 19.0.